The van der Waals surface area contributed by atoms with Crippen LogP contribution in [0.1, 0.15) is 37.6 Å². The summed E-state index contributed by atoms with van der Waals surface area (Å²) in [6, 6.07) is 17.8. The first kappa shape index (κ1) is 40.2. The Labute approximate surface area is 348 Å². The van der Waals surface area contributed by atoms with E-state index >= 15 is 0 Å². The van der Waals surface area contributed by atoms with E-state index in [1.54, 1.807) is 73.1 Å². The number of methoxy groups -OCH3 is 2. The molecular weight excluding hydrogens is 852 g/mol. The van der Waals surface area contributed by atoms with Crippen molar-refractivity contribution < 1.29 is 42.7 Å². The number of terminal acetylenes is 1. The van der Waals surface area contributed by atoms with Crippen molar-refractivity contribution in [1.82, 2.24) is 41.0 Å². The maximum atomic E-state index is 13.0. The third-order valence-electron chi connectivity index (χ3n) is 9.80. The highest BCUT2D eigenvalue weighted by Crippen LogP contribution is 2.35. The van der Waals surface area contributed by atoms with Gasteiger partial charge in [-0.15, -0.1) is 6.42 Å². The predicted molar refractivity (Wildman–Crippen MR) is 213 cm³/mol. The average Bonchev–Trinajstić information content (AvgIpc) is 4.02. The van der Waals surface area contributed by atoms with Gasteiger partial charge in [0.2, 0.25) is 0 Å². The fraction of sp³-hybridized carbons (Fsp3) is 0.200. The Bertz CT molecular complexity index is 2560. The molecule has 0 radical (unpaired) electrons. The molecule has 0 bridgehead atoms. The van der Waals surface area contributed by atoms with E-state index in [-0.39, 0.29) is 30.7 Å². The largest absolute Gasteiger partial charge is 0.497 e. The van der Waals surface area contributed by atoms with Crippen LogP contribution in [-0.2, 0) is 28.2 Å². The number of imide groups is 2. The molecule has 4 N–H and O–H groups in total. The molecule has 0 spiro atoms. The third kappa shape index (κ3) is 7.72. The first-order valence-electron chi connectivity index (χ1n) is 17.6. The summed E-state index contributed by atoms with van der Waals surface area (Å²) in [6.07, 6.45) is 8.70. The molecule has 2 fully saturated rings. The minimum absolute atomic E-state index is 0.0831. The van der Waals surface area contributed by atoms with Crippen LogP contribution in [0.2, 0.25) is 5.02 Å². The van der Waals surface area contributed by atoms with Crippen LogP contribution in [-0.4, -0.2) is 88.3 Å². The zero-order valence-electron chi connectivity index (χ0n) is 31.1. The molecule has 5 aromatic rings. The van der Waals surface area contributed by atoms with Gasteiger partial charge in [-0.1, -0.05) is 29.7 Å². The lowest BCUT2D eigenvalue weighted by Crippen LogP contribution is -2.54. The lowest BCUT2D eigenvalue weighted by Gasteiger charge is -2.28. The fourth-order valence-electron chi connectivity index (χ4n) is 6.81. The molecule has 2 aromatic carbocycles. The first-order valence-corrected chi connectivity index (χ1v) is 18.7. The Kier molecular flexibility index (Phi) is 11.0. The van der Waals surface area contributed by atoms with Crippen LogP contribution < -0.4 is 30.7 Å². The van der Waals surface area contributed by atoms with Crippen LogP contribution in [0.25, 0.3) is 11.1 Å². The standard InChI is InChI=1S/C20H16N4O5.C15H13N3O4.C5H3BrClN/c1-28-12-5-4-11-9-24(17(25)13(11)7-12)10-20(18(26)22-19(27)23-20)16-8-14-15(29-16)3-2-6-21-14;1-3-15(13(20)16-14(21)17-15)8-18-7-9-4-5-10(22-2)6-11(9)12(18)19;6-5-4(7)2-1-3-8-5/h2-8H,9-10H2,1H3,(H2,22,23,26,27);1,4-6H,7-8H2,2H3,(H2,16,17,20,21);1-3H/t20-;15-;/m01./s1. The van der Waals surface area contributed by atoms with E-state index < -0.39 is 35.0 Å². The number of urea groups is 2. The monoisotopic (exact) mass is 882 g/mol. The second kappa shape index (κ2) is 16.1. The number of fused-ring (bicyclic) bond motifs is 3. The number of nitrogens with one attached hydrogen (secondary N) is 4. The van der Waals surface area contributed by atoms with Gasteiger partial charge in [0.05, 0.1) is 32.3 Å². The van der Waals surface area contributed by atoms with E-state index in [0.717, 1.165) is 11.1 Å². The lowest BCUT2D eigenvalue weighted by molar-refractivity contribution is -0.125. The van der Waals surface area contributed by atoms with Gasteiger partial charge >= 0.3 is 12.1 Å². The molecule has 3 aromatic heterocycles. The SMILES string of the molecule is C#C[C@]1(CN2Cc3ccc(OC)cc3C2=O)NC(=O)NC1=O.COc1ccc2c(c1)C(=O)N(C[C@@]1(c3cc4ncccc4o3)NC(=O)NC1=O)C2.Clc1cccnc1Br. The van der Waals surface area contributed by atoms with E-state index in [9.17, 15) is 28.8 Å². The Morgan fingerprint density at radius 1 is 0.797 bits per heavy atom. The zero-order valence-corrected chi connectivity index (χ0v) is 33.5. The molecule has 4 aliphatic heterocycles. The molecule has 300 valence electrons. The molecule has 0 saturated carbocycles. The molecule has 8 amide bonds. The number of halogens is 2. The van der Waals surface area contributed by atoms with Crippen molar-refractivity contribution in [3.63, 3.8) is 0 Å². The van der Waals surface area contributed by atoms with E-state index in [4.69, 9.17) is 31.9 Å². The van der Waals surface area contributed by atoms with Gasteiger partial charge in [0, 0.05) is 42.7 Å². The molecule has 2 saturated heterocycles. The van der Waals surface area contributed by atoms with Crippen molar-refractivity contribution in [1.29, 1.82) is 0 Å². The van der Waals surface area contributed by atoms with Crippen molar-refractivity contribution in [2.24, 2.45) is 0 Å². The van der Waals surface area contributed by atoms with Crippen LogP contribution in [0.4, 0.5) is 9.59 Å². The molecular formula is C40H32BrClN8O9. The second-order valence-electron chi connectivity index (χ2n) is 13.4. The summed E-state index contributed by atoms with van der Waals surface area (Å²) in [6.45, 7) is 0.462. The normalized spacial score (nSPS) is 20.0. The summed E-state index contributed by atoms with van der Waals surface area (Å²) in [5.74, 6) is 1.95. The van der Waals surface area contributed by atoms with Crippen molar-refractivity contribution in [2.45, 2.75) is 24.2 Å². The second-order valence-corrected chi connectivity index (χ2v) is 14.6. The van der Waals surface area contributed by atoms with E-state index in [1.165, 1.54) is 24.0 Å². The molecule has 0 unspecified atom stereocenters. The zero-order chi connectivity index (χ0) is 42.1. The summed E-state index contributed by atoms with van der Waals surface area (Å²) in [5, 5.41) is 10.1. The lowest BCUT2D eigenvalue weighted by atomic mass is 9.95. The topological polar surface area (TPSA) is 214 Å². The van der Waals surface area contributed by atoms with Crippen LogP contribution in [0.3, 0.4) is 0 Å². The number of hydrogen-bond acceptors (Lipinski definition) is 11. The Hall–Kier alpha value is -6.97. The van der Waals surface area contributed by atoms with Gasteiger partial charge in [-0.25, -0.2) is 14.6 Å². The van der Waals surface area contributed by atoms with Gasteiger partial charge in [-0.3, -0.25) is 34.8 Å². The number of carbonyl (C=O) groups excluding carboxylic acids is 6. The van der Waals surface area contributed by atoms with Crippen LogP contribution in [0, 0.1) is 12.3 Å². The maximum Gasteiger partial charge on any atom is 0.323 e. The number of carbonyl (C=O) groups is 6. The average molecular weight is 884 g/mol. The molecule has 2 atom stereocenters. The summed E-state index contributed by atoms with van der Waals surface area (Å²) in [7, 11) is 3.05. The van der Waals surface area contributed by atoms with Crippen LogP contribution >= 0.6 is 27.5 Å². The number of amides is 8. The number of hydrogen-bond donors (Lipinski definition) is 4. The Morgan fingerprint density at radius 3 is 1.86 bits per heavy atom. The van der Waals surface area contributed by atoms with Crippen molar-refractivity contribution in [2.75, 3.05) is 27.3 Å². The van der Waals surface area contributed by atoms with Gasteiger partial charge in [0.15, 0.2) is 16.7 Å². The number of nitrogens with zero attached hydrogens (tertiary/aromatic N) is 4. The summed E-state index contributed by atoms with van der Waals surface area (Å²) < 4.78 is 16.8. The van der Waals surface area contributed by atoms with Gasteiger partial charge < -0.3 is 34.3 Å². The smallest absolute Gasteiger partial charge is 0.323 e. The van der Waals surface area contributed by atoms with Gasteiger partial charge in [-0.2, -0.15) is 0 Å². The van der Waals surface area contributed by atoms with Crippen molar-refractivity contribution in [3.05, 3.63) is 117 Å². The third-order valence-corrected chi connectivity index (χ3v) is 11.0. The molecule has 19 heteroatoms. The number of furan rings is 1. The number of aromatic nitrogens is 2. The number of pyridine rings is 2. The quantitative estimate of drug-likeness (QED) is 0.105. The van der Waals surface area contributed by atoms with Gasteiger partial charge in [0.25, 0.3) is 23.6 Å². The molecule has 0 aliphatic carbocycles. The first-order chi connectivity index (χ1) is 28.3. The van der Waals surface area contributed by atoms with Crippen molar-refractivity contribution in [3.8, 4) is 23.8 Å². The number of ether oxygens (including phenoxy) is 2. The van der Waals surface area contributed by atoms with Gasteiger partial charge in [-0.05, 0) is 75.6 Å². The summed E-state index contributed by atoms with van der Waals surface area (Å²) in [5.41, 5.74) is 0.628. The molecule has 7 heterocycles. The molecule has 9 rings (SSSR count). The molecule has 59 heavy (non-hydrogen) atoms. The van der Waals surface area contributed by atoms with Crippen molar-refractivity contribution >= 4 is 74.3 Å². The summed E-state index contributed by atoms with van der Waals surface area (Å²) >= 11 is 8.75. The maximum absolute atomic E-state index is 13.0. The number of rotatable bonds is 7. The van der Waals surface area contributed by atoms with Crippen LogP contribution in [0.5, 0.6) is 11.5 Å². The highest BCUT2D eigenvalue weighted by Gasteiger charge is 2.53. The van der Waals surface area contributed by atoms with E-state index in [2.05, 4.69) is 53.1 Å². The molecule has 17 nitrogen and oxygen atoms in total. The highest BCUT2D eigenvalue weighted by atomic mass is 79.9. The minimum Gasteiger partial charge on any atom is -0.497 e. The summed E-state index contributed by atoms with van der Waals surface area (Å²) in [4.78, 5) is 84.5. The molecule has 4 aliphatic rings. The fourth-order valence-corrected chi connectivity index (χ4v) is 7.19. The van der Waals surface area contributed by atoms with Crippen LogP contribution in [0.15, 0.2) is 88.1 Å². The predicted octanol–water partition coefficient (Wildman–Crippen LogP) is 3.89. The van der Waals surface area contributed by atoms with E-state index in [1.807, 2.05) is 6.07 Å². The van der Waals surface area contributed by atoms with E-state index in [0.29, 0.717) is 56.4 Å². The Balaban J connectivity index is 0.000000155. The van der Waals surface area contributed by atoms with Gasteiger partial charge in [0.1, 0.15) is 27.4 Å². The Morgan fingerprint density at radius 2 is 1.37 bits per heavy atom. The minimum atomic E-state index is -1.54. The number of benzene rings is 2. The highest BCUT2D eigenvalue weighted by molar-refractivity contribution is 9.10.